The maximum atomic E-state index is 11.5. The number of benzene rings is 1. The summed E-state index contributed by atoms with van der Waals surface area (Å²) >= 11 is 0. The average molecular weight is 246 g/mol. The minimum atomic E-state index is 0.160. The molecule has 0 spiro atoms. The molecule has 1 aliphatic rings. The lowest BCUT2D eigenvalue weighted by Crippen LogP contribution is -2.27. The van der Waals surface area contributed by atoms with Gasteiger partial charge in [-0.2, -0.15) is 0 Å². The normalized spacial score (nSPS) is 14.3. The van der Waals surface area contributed by atoms with Crippen molar-refractivity contribution >= 4 is 11.6 Å². The predicted molar refractivity (Wildman–Crippen MR) is 74.7 cm³/mol. The number of carbonyl (C=O) groups is 1. The minimum absolute atomic E-state index is 0.160. The van der Waals surface area contributed by atoms with Crippen molar-refractivity contribution in [1.29, 1.82) is 0 Å². The van der Waals surface area contributed by atoms with Crippen LogP contribution in [0.5, 0.6) is 0 Å². The zero-order chi connectivity index (χ0) is 12.8. The van der Waals surface area contributed by atoms with Gasteiger partial charge in [0.1, 0.15) is 0 Å². The summed E-state index contributed by atoms with van der Waals surface area (Å²) in [4.78, 5) is 11.5. The smallest absolute Gasteiger partial charge is 0.221 e. The summed E-state index contributed by atoms with van der Waals surface area (Å²) in [5.41, 5.74) is 2.46. The van der Waals surface area contributed by atoms with Gasteiger partial charge in [0.15, 0.2) is 0 Å². The van der Waals surface area contributed by atoms with Crippen molar-refractivity contribution in [3.8, 4) is 0 Å². The molecule has 0 bridgehead atoms. The second-order valence-corrected chi connectivity index (χ2v) is 4.97. The van der Waals surface area contributed by atoms with E-state index in [0.717, 1.165) is 24.9 Å². The molecule has 0 saturated heterocycles. The lowest BCUT2D eigenvalue weighted by Gasteiger charge is -2.07. The average Bonchev–Trinajstić information content (AvgIpc) is 3.16. The molecule has 3 heteroatoms. The lowest BCUT2D eigenvalue weighted by atomic mass is 10.1. The number of rotatable bonds is 7. The molecule has 1 aromatic carbocycles. The number of amides is 1. The number of carbonyl (C=O) groups excluding carboxylic acids is 1. The molecule has 98 valence electrons. The van der Waals surface area contributed by atoms with Crippen LogP contribution in [0.3, 0.4) is 0 Å². The molecule has 0 heterocycles. The summed E-state index contributed by atoms with van der Waals surface area (Å²) in [6, 6.07) is 8.94. The zero-order valence-corrected chi connectivity index (χ0v) is 11.0. The van der Waals surface area contributed by atoms with Crippen LogP contribution in [-0.2, 0) is 11.2 Å². The molecule has 0 radical (unpaired) electrons. The largest absolute Gasteiger partial charge is 0.385 e. The highest BCUT2D eigenvalue weighted by atomic mass is 16.1. The van der Waals surface area contributed by atoms with E-state index in [1.54, 1.807) is 0 Å². The van der Waals surface area contributed by atoms with Crippen molar-refractivity contribution < 1.29 is 4.79 Å². The van der Waals surface area contributed by atoms with E-state index in [-0.39, 0.29) is 5.91 Å². The minimum Gasteiger partial charge on any atom is -0.385 e. The van der Waals surface area contributed by atoms with Gasteiger partial charge in [-0.1, -0.05) is 25.5 Å². The first-order valence-corrected chi connectivity index (χ1v) is 6.90. The van der Waals surface area contributed by atoms with Crippen LogP contribution in [-0.4, -0.2) is 18.5 Å². The molecular weight excluding hydrogens is 224 g/mol. The SMILES string of the molecule is CCCc1ccc(NCCC(=O)NC2CC2)cc1. The topological polar surface area (TPSA) is 41.1 Å². The molecule has 0 unspecified atom stereocenters. The number of nitrogens with one attached hydrogen (secondary N) is 2. The van der Waals surface area contributed by atoms with Gasteiger partial charge in [0.05, 0.1) is 0 Å². The van der Waals surface area contributed by atoms with Crippen LogP contribution < -0.4 is 10.6 Å². The van der Waals surface area contributed by atoms with Gasteiger partial charge >= 0.3 is 0 Å². The Morgan fingerprint density at radius 3 is 2.61 bits per heavy atom. The van der Waals surface area contributed by atoms with Crippen LogP contribution in [0.25, 0.3) is 0 Å². The molecule has 1 amide bonds. The highest BCUT2D eigenvalue weighted by Gasteiger charge is 2.22. The molecule has 0 aromatic heterocycles. The molecule has 1 saturated carbocycles. The van der Waals surface area contributed by atoms with Gasteiger partial charge in [0.25, 0.3) is 0 Å². The fourth-order valence-electron chi connectivity index (χ4n) is 1.93. The van der Waals surface area contributed by atoms with Crippen LogP contribution >= 0.6 is 0 Å². The Kier molecular flexibility index (Phi) is 4.62. The van der Waals surface area contributed by atoms with Crippen molar-refractivity contribution in [3.05, 3.63) is 29.8 Å². The quantitative estimate of drug-likeness (QED) is 0.776. The molecule has 0 atom stereocenters. The third kappa shape index (κ3) is 4.40. The molecule has 1 aliphatic carbocycles. The summed E-state index contributed by atoms with van der Waals surface area (Å²) in [5.74, 6) is 0.160. The number of hydrogen-bond donors (Lipinski definition) is 2. The van der Waals surface area contributed by atoms with Crippen molar-refractivity contribution in [2.75, 3.05) is 11.9 Å². The molecule has 18 heavy (non-hydrogen) atoms. The van der Waals surface area contributed by atoms with Gasteiger partial charge in [-0.25, -0.2) is 0 Å². The predicted octanol–water partition coefficient (Wildman–Crippen LogP) is 2.72. The van der Waals surface area contributed by atoms with E-state index in [9.17, 15) is 4.79 Å². The molecule has 2 N–H and O–H groups in total. The molecule has 1 aromatic rings. The van der Waals surface area contributed by atoms with Crippen molar-refractivity contribution in [3.63, 3.8) is 0 Å². The number of anilines is 1. The Morgan fingerprint density at radius 1 is 1.28 bits per heavy atom. The summed E-state index contributed by atoms with van der Waals surface area (Å²) in [5, 5.41) is 6.26. The van der Waals surface area contributed by atoms with E-state index >= 15 is 0 Å². The Morgan fingerprint density at radius 2 is 2.00 bits per heavy atom. The van der Waals surface area contributed by atoms with Crippen LogP contribution in [0.15, 0.2) is 24.3 Å². The highest BCUT2D eigenvalue weighted by Crippen LogP contribution is 2.18. The van der Waals surface area contributed by atoms with Crippen molar-refractivity contribution in [1.82, 2.24) is 5.32 Å². The molecular formula is C15H22N2O. The van der Waals surface area contributed by atoms with Gasteiger partial charge in [-0.05, 0) is 37.0 Å². The van der Waals surface area contributed by atoms with Crippen LogP contribution in [0.1, 0.15) is 38.2 Å². The summed E-state index contributed by atoms with van der Waals surface area (Å²) < 4.78 is 0. The first kappa shape index (κ1) is 12.9. The maximum absolute atomic E-state index is 11.5. The van der Waals surface area contributed by atoms with E-state index in [2.05, 4.69) is 41.8 Å². The number of hydrogen-bond acceptors (Lipinski definition) is 2. The monoisotopic (exact) mass is 246 g/mol. The first-order valence-electron chi connectivity index (χ1n) is 6.90. The molecule has 3 nitrogen and oxygen atoms in total. The fraction of sp³-hybridized carbons (Fsp3) is 0.533. The molecule has 0 aliphatic heterocycles. The van der Waals surface area contributed by atoms with Gasteiger partial charge < -0.3 is 10.6 Å². The van der Waals surface area contributed by atoms with Gasteiger partial charge in [0.2, 0.25) is 5.91 Å². The molecule has 1 fully saturated rings. The fourth-order valence-corrected chi connectivity index (χ4v) is 1.93. The second-order valence-electron chi connectivity index (χ2n) is 4.97. The summed E-state index contributed by atoms with van der Waals surface area (Å²) in [6.45, 7) is 2.89. The van der Waals surface area contributed by atoms with E-state index in [1.165, 1.54) is 12.0 Å². The van der Waals surface area contributed by atoms with Crippen molar-refractivity contribution in [2.24, 2.45) is 0 Å². The van der Waals surface area contributed by atoms with E-state index in [0.29, 0.717) is 19.0 Å². The number of aryl methyl sites for hydroxylation is 1. The van der Waals surface area contributed by atoms with E-state index < -0.39 is 0 Å². The molecule has 2 rings (SSSR count). The maximum Gasteiger partial charge on any atom is 0.221 e. The van der Waals surface area contributed by atoms with Crippen molar-refractivity contribution in [2.45, 2.75) is 45.1 Å². The van der Waals surface area contributed by atoms with E-state index in [4.69, 9.17) is 0 Å². The third-order valence-corrected chi connectivity index (χ3v) is 3.12. The van der Waals surface area contributed by atoms with Crippen LogP contribution in [0.2, 0.25) is 0 Å². The summed E-state index contributed by atoms with van der Waals surface area (Å²) in [7, 11) is 0. The summed E-state index contributed by atoms with van der Waals surface area (Å²) in [6.07, 6.45) is 5.15. The lowest BCUT2D eigenvalue weighted by molar-refractivity contribution is -0.120. The van der Waals surface area contributed by atoms with Gasteiger partial charge in [0, 0.05) is 24.7 Å². The van der Waals surface area contributed by atoms with Crippen LogP contribution in [0.4, 0.5) is 5.69 Å². The first-order chi connectivity index (χ1) is 8.78. The Hall–Kier alpha value is -1.51. The Labute approximate surface area is 109 Å². The second kappa shape index (κ2) is 6.43. The third-order valence-electron chi connectivity index (χ3n) is 3.12. The standard InChI is InChI=1S/C15H22N2O/c1-2-3-12-4-6-13(7-5-12)16-11-10-15(18)17-14-8-9-14/h4-7,14,16H,2-3,8-11H2,1H3,(H,17,18). The Bertz CT molecular complexity index is 382. The van der Waals surface area contributed by atoms with Crippen LogP contribution in [0, 0.1) is 0 Å². The highest BCUT2D eigenvalue weighted by molar-refractivity contribution is 5.77. The van der Waals surface area contributed by atoms with Gasteiger partial charge in [-0.3, -0.25) is 4.79 Å². The zero-order valence-electron chi connectivity index (χ0n) is 11.0. The van der Waals surface area contributed by atoms with E-state index in [1.807, 2.05) is 0 Å². The Balaban J connectivity index is 1.67. The van der Waals surface area contributed by atoms with Gasteiger partial charge in [-0.15, -0.1) is 0 Å².